The Balaban J connectivity index is 0.000000235. The maximum Gasteiger partial charge on any atom is 0.198 e. The molecule has 1 aliphatic carbocycles. The largest absolute Gasteiger partial charge is 0.493 e. The molecule has 0 aliphatic heterocycles. The minimum absolute atomic E-state index is 0.159. The third kappa shape index (κ3) is 12.1. The number of carbonyl (C=O) groups is 2. The summed E-state index contributed by atoms with van der Waals surface area (Å²) in [6.45, 7) is 16.7. The molecule has 0 radical (unpaired) electrons. The number of aromatic nitrogens is 1. The van der Waals surface area contributed by atoms with Crippen molar-refractivity contribution in [1.29, 1.82) is 0 Å². The number of rotatable bonds is 25. The summed E-state index contributed by atoms with van der Waals surface area (Å²) < 4.78 is 14.5. The van der Waals surface area contributed by atoms with Gasteiger partial charge in [-0.1, -0.05) is 179 Å². The lowest BCUT2D eigenvalue weighted by Crippen LogP contribution is -2.23. The van der Waals surface area contributed by atoms with Gasteiger partial charge < -0.3 is 14.0 Å². The number of hydrogen-bond donors (Lipinski definition) is 0. The molecule has 0 bridgehead atoms. The first-order valence-corrected chi connectivity index (χ1v) is 22.9. The second-order valence-corrected chi connectivity index (χ2v) is 16.1. The lowest BCUT2D eigenvalue weighted by atomic mass is 9.83. The van der Waals surface area contributed by atoms with Gasteiger partial charge in [-0.05, 0) is 66.8 Å². The molecule has 4 aromatic carbocycles. The third-order valence-electron chi connectivity index (χ3n) is 11.6. The second kappa shape index (κ2) is 24.2. The molecule has 6 rings (SSSR count). The van der Waals surface area contributed by atoms with Gasteiger partial charge in [0.15, 0.2) is 11.6 Å². The van der Waals surface area contributed by atoms with Crippen LogP contribution in [0.5, 0.6) is 11.5 Å². The van der Waals surface area contributed by atoms with Crippen LogP contribution in [0.4, 0.5) is 0 Å². The average Bonchev–Trinajstić information content (AvgIpc) is 3.57. The maximum absolute atomic E-state index is 13.4. The van der Waals surface area contributed by atoms with Crippen LogP contribution in [-0.2, 0) is 6.54 Å². The number of carbonyl (C=O) groups excluding carboxylic acids is 2. The van der Waals surface area contributed by atoms with Crippen molar-refractivity contribution in [3.63, 3.8) is 0 Å². The molecule has 1 aromatic heterocycles. The predicted molar refractivity (Wildman–Crippen MR) is 250 cm³/mol. The maximum atomic E-state index is 13.4. The Morgan fingerprint density at radius 3 is 1.29 bits per heavy atom. The Morgan fingerprint density at radius 2 is 0.881 bits per heavy atom. The minimum Gasteiger partial charge on any atom is -0.493 e. The van der Waals surface area contributed by atoms with E-state index in [4.69, 9.17) is 9.47 Å². The van der Waals surface area contributed by atoms with Crippen molar-refractivity contribution in [3.8, 4) is 11.5 Å². The van der Waals surface area contributed by atoms with Crippen LogP contribution < -0.4 is 9.47 Å². The van der Waals surface area contributed by atoms with Crippen molar-refractivity contribution < 1.29 is 19.1 Å². The molecule has 0 N–H and O–H groups in total. The summed E-state index contributed by atoms with van der Waals surface area (Å²) in [5.41, 5.74) is 6.61. The fraction of sp³-hybridized carbons (Fsp3) is 0.444. The van der Waals surface area contributed by atoms with Crippen LogP contribution in [0.15, 0.2) is 86.0 Å². The number of nitrogens with zero attached hydrogens (tertiary/aromatic N) is 1. The summed E-state index contributed by atoms with van der Waals surface area (Å²) in [4.78, 5) is 26.8. The van der Waals surface area contributed by atoms with E-state index in [0.29, 0.717) is 47.0 Å². The lowest BCUT2D eigenvalue weighted by Gasteiger charge is -2.22. The molecular formula is C54H69NO4. The van der Waals surface area contributed by atoms with Crippen LogP contribution >= 0.6 is 0 Å². The monoisotopic (exact) mass is 796 g/mol. The summed E-state index contributed by atoms with van der Waals surface area (Å²) in [6, 6.07) is 24.0. The van der Waals surface area contributed by atoms with Gasteiger partial charge in [-0.2, -0.15) is 0 Å². The van der Waals surface area contributed by atoms with Crippen molar-refractivity contribution in [2.24, 2.45) is 0 Å². The summed E-state index contributed by atoms with van der Waals surface area (Å²) in [5.74, 6) is 0.697. The highest BCUT2D eigenvalue weighted by Gasteiger charge is 2.34. The van der Waals surface area contributed by atoms with Crippen LogP contribution in [0.3, 0.4) is 0 Å². The molecule has 0 amide bonds. The van der Waals surface area contributed by atoms with E-state index >= 15 is 0 Å². The molecule has 59 heavy (non-hydrogen) atoms. The van der Waals surface area contributed by atoms with Gasteiger partial charge in [-0.3, -0.25) is 9.59 Å². The molecule has 0 unspecified atom stereocenters. The number of aryl methyl sites for hydroxylation is 1. The zero-order valence-corrected chi connectivity index (χ0v) is 36.4. The molecule has 5 nitrogen and oxygen atoms in total. The molecule has 0 atom stereocenters. The number of ether oxygens (including phenoxy) is 2. The standard InChI is InChI=1S/C30H40O4.C24H29N/c1-3-5-7-9-11-13-21-33-25-19-15-17-23-27(25)29(31)24-18-16-20-26(28(24)30(23)32)34-22-14-12-10-8-6-4-2;1-4-7-8-9-10-11-16-25-23-14-12-19(5-2)17-21(23)22-18-20(6-3)13-15-24(22)25/h15-20H,3-14,21-22H2,1-2H3;5-6,12-15,17-18H,2-4,7-11,16H2,1H3. The Kier molecular flexibility index (Phi) is 18.6. The van der Waals surface area contributed by atoms with E-state index in [-0.39, 0.29) is 11.6 Å². The SMILES string of the molecule is C=Cc1ccc2c(c1)c1cc(C=C)ccc1n2CCCCCCCC.CCCCCCCCOc1cccc2c1C(=O)c1cccc(OCCCCCCCC)c1C2=O. The van der Waals surface area contributed by atoms with Crippen LogP contribution in [0, 0.1) is 0 Å². The summed E-state index contributed by atoms with van der Waals surface area (Å²) in [5, 5.41) is 2.64. The third-order valence-corrected chi connectivity index (χ3v) is 11.6. The summed E-state index contributed by atoms with van der Waals surface area (Å²) >= 11 is 0. The van der Waals surface area contributed by atoms with E-state index in [1.165, 1.54) is 123 Å². The van der Waals surface area contributed by atoms with Crippen molar-refractivity contribution in [3.05, 3.63) is 119 Å². The van der Waals surface area contributed by atoms with Gasteiger partial charge >= 0.3 is 0 Å². The highest BCUT2D eigenvalue weighted by Crippen LogP contribution is 2.37. The molecule has 0 spiro atoms. The number of ketones is 2. The Morgan fingerprint density at radius 1 is 0.492 bits per heavy atom. The first-order valence-electron chi connectivity index (χ1n) is 22.9. The van der Waals surface area contributed by atoms with Gasteiger partial charge in [0, 0.05) is 39.5 Å². The Hall–Kier alpha value is -4.90. The Bertz CT molecular complexity index is 2000. The van der Waals surface area contributed by atoms with Crippen molar-refractivity contribution >= 4 is 45.5 Å². The molecule has 5 aromatic rings. The lowest BCUT2D eigenvalue weighted by molar-refractivity contribution is 0.0972. The van der Waals surface area contributed by atoms with Gasteiger partial charge in [-0.15, -0.1) is 0 Å². The predicted octanol–water partition coefficient (Wildman–Crippen LogP) is 15.4. The number of unbranched alkanes of at least 4 members (excludes halogenated alkanes) is 15. The van der Waals surface area contributed by atoms with E-state index in [1.807, 2.05) is 12.2 Å². The number of hydrogen-bond acceptors (Lipinski definition) is 4. The van der Waals surface area contributed by atoms with E-state index in [1.54, 1.807) is 36.4 Å². The topological polar surface area (TPSA) is 57.5 Å². The van der Waals surface area contributed by atoms with Crippen molar-refractivity contribution in [2.75, 3.05) is 13.2 Å². The second-order valence-electron chi connectivity index (χ2n) is 16.1. The fourth-order valence-corrected chi connectivity index (χ4v) is 8.23. The quantitative estimate of drug-likeness (QED) is 0.0542. The summed E-state index contributed by atoms with van der Waals surface area (Å²) in [7, 11) is 0. The van der Waals surface area contributed by atoms with E-state index in [9.17, 15) is 9.59 Å². The molecule has 0 fully saturated rings. The van der Waals surface area contributed by atoms with Gasteiger partial charge in [0.2, 0.25) is 0 Å². The first-order chi connectivity index (χ1) is 29.0. The smallest absolute Gasteiger partial charge is 0.198 e. The van der Waals surface area contributed by atoms with Gasteiger partial charge in [0.1, 0.15) is 11.5 Å². The zero-order chi connectivity index (χ0) is 41.8. The van der Waals surface area contributed by atoms with E-state index in [2.05, 4.69) is 74.9 Å². The van der Waals surface area contributed by atoms with Gasteiger partial charge in [-0.25, -0.2) is 0 Å². The van der Waals surface area contributed by atoms with Crippen molar-refractivity contribution in [2.45, 2.75) is 143 Å². The van der Waals surface area contributed by atoms with Gasteiger partial charge in [0.25, 0.3) is 0 Å². The van der Waals surface area contributed by atoms with Crippen LogP contribution in [0.1, 0.15) is 179 Å². The first kappa shape index (κ1) is 45.2. The minimum atomic E-state index is -0.159. The van der Waals surface area contributed by atoms with E-state index < -0.39 is 0 Å². The van der Waals surface area contributed by atoms with Crippen molar-refractivity contribution in [1.82, 2.24) is 4.57 Å². The average molecular weight is 796 g/mol. The number of fused-ring (bicyclic) bond motifs is 5. The molecule has 5 heteroatoms. The molecule has 0 saturated heterocycles. The van der Waals surface area contributed by atoms with Crippen LogP contribution in [0.2, 0.25) is 0 Å². The van der Waals surface area contributed by atoms with Gasteiger partial charge in [0.05, 0.1) is 24.3 Å². The van der Waals surface area contributed by atoms with E-state index in [0.717, 1.165) is 32.2 Å². The highest BCUT2D eigenvalue weighted by molar-refractivity contribution is 6.30. The normalized spacial score (nSPS) is 11.9. The fourth-order valence-electron chi connectivity index (χ4n) is 8.23. The van der Waals surface area contributed by atoms with Crippen LogP contribution in [-0.4, -0.2) is 29.3 Å². The molecule has 1 heterocycles. The molecule has 314 valence electrons. The molecule has 1 aliphatic rings. The molecular weight excluding hydrogens is 727 g/mol. The van der Waals surface area contributed by atoms with Crippen LogP contribution in [0.25, 0.3) is 34.0 Å². The summed E-state index contributed by atoms with van der Waals surface area (Å²) in [6.07, 6.45) is 25.9. The molecule has 0 saturated carbocycles. The Labute approximate surface area is 354 Å². The number of benzene rings is 4. The highest BCUT2D eigenvalue weighted by atomic mass is 16.5. The zero-order valence-electron chi connectivity index (χ0n) is 36.4.